The highest BCUT2D eigenvalue weighted by Crippen LogP contribution is 2.48. The molecule has 1 aliphatic carbocycles. The van der Waals surface area contributed by atoms with Crippen molar-refractivity contribution in [1.29, 1.82) is 0 Å². The van der Waals surface area contributed by atoms with Crippen molar-refractivity contribution in [2.75, 3.05) is 6.54 Å². The molecule has 2 aliphatic rings. The van der Waals surface area contributed by atoms with Gasteiger partial charge in [0, 0.05) is 47.9 Å². The van der Waals surface area contributed by atoms with Gasteiger partial charge in [-0.25, -0.2) is 19.2 Å². The van der Waals surface area contributed by atoms with E-state index in [2.05, 4.69) is 76.3 Å². The number of carbonyl (C=O) groups is 1. The summed E-state index contributed by atoms with van der Waals surface area (Å²) in [6.45, 7) is 23.7. The molecule has 2 N–H and O–H groups in total. The maximum atomic E-state index is 16.3. The van der Waals surface area contributed by atoms with E-state index in [4.69, 9.17) is 18.9 Å². The number of thiazole rings is 1. The molecule has 3 atom stereocenters. The van der Waals surface area contributed by atoms with E-state index >= 15 is 4.39 Å². The van der Waals surface area contributed by atoms with Crippen molar-refractivity contribution in [2.24, 2.45) is 5.41 Å². The number of hydrogen-bond acceptors (Lipinski definition) is 8. The van der Waals surface area contributed by atoms with Gasteiger partial charge >= 0.3 is 6.09 Å². The van der Waals surface area contributed by atoms with Gasteiger partial charge in [0.25, 0.3) is 0 Å². The highest BCUT2D eigenvalue weighted by atomic mass is 32.1. The first kappa shape index (κ1) is 39.3. The summed E-state index contributed by atoms with van der Waals surface area (Å²) in [5.74, 6) is 0.354. The maximum absolute atomic E-state index is 16.3. The summed E-state index contributed by atoms with van der Waals surface area (Å²) in [5, 5.41) is 9.37. The van der Waals surface area contributed by atoms with Crippen LogP contribution < -0.4 is 15.4 Å². The Balaban J connectivity index is 1.51. The van der Waals surface area contributed by atoms with Crippen LogP contribution in [0.15, 0.2) is 42.0 Å². The zero-order valence-corrected chi connectivity index (χ0v) is 34.4. The third-order valence-corrected chi connectivity index (χ3v) is 15.7. The van der Waals surface area contributed by atoms with E-state index < -0.39 is 32.2 Å². The van der Waals surface area contributed by atoms with Crippen molar-refractivity contribution in [3.63, 3.8) is 0 Å². The molecule has 1 aromatic carbocycles. The summed E-state index contributed by atoms with van der Waals surface area (Å²) in [6.07, 6.45) is 7.62. The molecule has 0 radical (unpaired) electrons. The molecule has 11 heteroatoms. The molecular formula is C40H59FN4O4SSi. The minimum Gasteiger partial charge on any atom is -0.471 e. The van der Waals surface area contributed by atoms with Crippen LogP contribution in [0.25, 0.3) is 10.6 Å². The van der Waals surface area contributed by atoms with Crippen molar-refractivity contribution < 1.29 is 23.1 Å². The van der Waals surface area contributed by atoms with Gasteiger partial charge < -0.3 is 24.5 Å². The Morgan fingerprint density at radius 1 is 1.12 bits per heavy atom. The fraction of sp³-hybridized carbons (Fsp3) is 0.625. The smallest absolute Gasteiger partial charge is 0.407 e. The average Bonchev–Trinajstić information content (AvgIpc) is 3.51. The number of pyridine rings is 1. The number of nitrogens with zero attached hydrogens (tertiary/aromatic N) is 2. The largest absolute Gasteiger partial charge is 0.471 e. The molecule has 0 saturated heterocycles. The van der Waals surface area contributed by atoms with E-state index in [0.717, 1.165) is 37.7 Å². The molecule has 1 spiro atoms. The first-order valence-corrected chi connectivity index (χ1v) is 22.2. The maximum Gasteiger partial charge on any atom is 0.407 e. The lowest BCUT2D eigenvalue weighted by Crippen LogP contribution is -2.57. The van der Waals surface area contributed by atoms with Crippen LogP contribution in [0.1, 0.15) is 111 Å². The summed E-state index contributed by atoms with van der Waals surface area (Å²) in [7, 11) is -2.40. The summed E-state index contributed by atoms with van der Waals surface area (Å²) >= 11 is 1.39. The first-order valence-electron chi connectivity index (χ1n) is 18.4. The van der Waals surface area contributed by atoms with Crippen LogP contribution in [-0.2, 0) is 22.0 Å². The van der Waals surface area contributed by atoms with Crippen LogP contribution in [0, 0.1) is 11.2 Å². The lowest BCUT2D eigenvalue weighted by molar-refractivity contribution is -0.0419. The number of benzene rings is 1. The predicted octanol–water partition coefficient (Wildman–Crippen LogP) is 9.80. The number of amides is 1. The number of ether oxygens (including phenoxy) is 2. The van der Waals surface area contributed by atoms with Gasteiger partial charge in [0.2, 0.25) is 5.88 Å². The zero-order valence-electron chi connectivity index (χ0n) is 32.5. The van der Waals surface area contributed by atoms with Crippen LogP contribution in [-0.4, -0.2) is 54.3 Å². The minimum atomic E-state index is -2.40. The van der Waals surface area contributed by atoms with Crippen molar-refractivity contribution in [3.8, 4) is 16.5 Å². The molecule has 3 heterocycles. The summed E-state index contributed by atoms with van der Waals surface area (Å²) in [5.41, 5.74) is 2.33. The zero-order chi connectivity index (χ0) is 37.4. The fourth-order valence-corrected chi connectivity index (χ4v) is 8.67. The van der Waals surface area contributed by atoms with Crippen LogP contribution >= 0.6 is 11.3 Å². The second-order valence-corrected chi connectivity index (χ2v) is 23.9. The number of fused-ring (bicyclic) bond motifs is 1. The highest BCUT2D eigenvalue weighted by molar-refractivity contribution is 7.13. The second-order valence-electron chi connectivity index (χ2n) is 18.3. The number of halogens is 1. The molecule has 0 unspecified atom stereocenters. The molecule has 8 nitrogen and oxygen atoms in total. The topological polar surface area (TPSA) is 94.6 Å². The first-order chi connectivity index (χ1) is 23.6. The molecular weight excluding hydrogens is 680 g/mol. The molecule has 280 valence electrons. The van der Waals surface area contributed by atoms with E-state index in [0.29, 0.717) is 28.6 Å². The molecule has 1 fully saturated rings. The number of hydrogen-bond donors (Lipinski definition) is 2. The van der Waals surface area contributed by atoms with Gasteiger partial charge in [-0.1, -0.05) is 53.7 Å². The molecule has 51 heavy (non-hydrogen) atoms. The van der Waals surface area contributed by atoms with Crippen LogP contribution in [0.3, 0.4) is 0 Å². The minimum absolute atomic E-state index is 0.0286. The lowest BCUT2D eigenvalue weighted by atomic mass is 9.73. The summed E-state index contributed by atoms with van der Waals surface area (Å²) in [4.78, 5) is 22.7. The number of carbonyl (C=O) groups excluding carboxylic acids is 1. The summed E-state index contributed by atoms with van der Waals surface area (Å²) in [6, 6.07) is 6.99. The van der Waals surface area contributed by atoms with Crippen LogP contribution in [0.5, 0.6) is 5.88 Å². The molecule has 3 aromatic rings. The fourth-order valence-electron chi connectivity index (χ4n) is 6.66. The van der Waals surface area contributed by atoms with Crippen LogP contribution in [0.4, 0.5) is 9.18 Å². The van der Waals surface area contributed by atoms with Crippen molar-refractivity contribution in [1.82, 2.24) is 20.6 Å². The Morgan fingerprint density at radius 3 is 2.43 bits per heavy atom. The number of aromatic nitrogens is 2. The van der Waals surface area contributed by atoms with Gasteiger partial charge in [-0.3, -0.25) is 0 Å². The van der Waals surface area contributed by atoms with E-state index in [1.165, 1.54) is 16.9 Å². The third kappa shape index (κ3) is 9.97. The Labute approximate surface area is 309 Å². The SMILES string of the molecule is CC(C)(C)Cc1cnc2c(c1)[C@@H](NC[C@@H](O[Si](C)(C)C(C)(C)C)[C@H](Cc1cccc(-c3nccs3)c1F)NC(=O)OC(C)(C)C)CC1(CCC1)O2. The molecule has 0 bridgehead atoms. The van der Waals surface area contributed by atoms with Crippen molar-refractivity contribution >= 4 is 25.7 Å². The Bertz CT molecular complexity index is 1660. The Morgan fingerprint density at radius 2 is 1.84 bits per heavy atom. The quantitative estimate of drug-likeness (QED) is 0.189. The van der Waals surface area contributed by atoms with Gasteiger partial charge in [-0.05, 0) is 99.7 Å². The number of alkyl carbamates (subject to hydrolysis) is 1. The predicted molar refractivity (Wildman–Crippen MR) is 206 cm³/mol. The van der Waals surface area contributed by atoms with E-state index in [1.807, 2.05) is 38.4 Å². The third-order valence-electron chi connectivity index (χ3n) is 10.3. The molecule has 5 rings (SSSR count). The summed E-state index contributed by atoms with van der Waals surface area (Å²) < 4.78 is 35.8. The normalized spacial score (nSPS) is 18.7. The molecule has 1 aliphatic heterocycles. The van der Waals surface area contributed by atoms with E-state index in [9.17, 15) is 4.79 Å². The molecule has 2 aromatic heterocycles. The van der Waals surface area contributed by atoms with Crippen LogP contribution in [0.2, 0.25) is 18.1 Å². The van der Waals surface area contributed by atoms with E-state index in [-0.39, 0.29) is 34.3 Å². The van der Waals surface area contributed by atoms with Gasteiger partial charge in [-0.2, -0.15) is 0 Å². The average molecular weight is 739 g/mol. The van der Waals surface area contributed by atoms with Gasteiger partial charge in [-0.15, -0.1) is 11.3 Å². The van der Waals surface area contributed by atoms with Gasteiger partial charge in [0.15, 0.2) is 8.32 Å². The van der Waals surface area contributed by atoms with Gasteiger partial charge in [0.05, 0.1) is 12.1 Å². The van der Waals surface area contributed by atoms with Gasteiger partial charge in [0.1, 0.15) is 22.0 Å². The molecule has 1 amide bonds. The Hall–Kier alpha value is -2.86. The number of nitrogens with one attached hydrogen (secondary N) is 2. The van der Waals surface area contributed by atoms with Crippen molar-refractivity contribution in [2.45, 2.75) is 148 Å². The Kier molecular flexibility index (Phi) is 11.5. The van der Waals surface area contributed by atoms with Crippen molar-refractivity contribution in [3.05, 3.63) is 64.5 Å². The second kappa shape index (κ2) is 14.9. The lowest BCUT2D eigenvalue weighted by Gasteiger charge is -2.48. The monoisotopic (exact) mass is 738 g/mol. The number of rotatable bonds is 11. The van der Waals surface area contributed by atoms with E-state index in [1.54, 1.807) is 18.3 Å². The molecule has 1 saturated carbocycles. The standard InChI is InChI=1S/C40H59FN4O4SSi/c1-37(2,3)22-26-20-29-31(23-40(16-13-17-40)47-34(29)44-24-26)43-25-32(49-51(10,11)39(7,8)9)30(45-36(46)48-38(4,5)6)21-27-14-12-15-28(33(27)41)35-42-18-19-50-35/h12,14-15,18-20,24,30-32,43H,13,16-17,21-23,25H2,1-11H3,(H,45,46)/t30-,31-,32+/m0/s1. The highest BCUT2D eigenvalue weighted by Gasteiger charge is 2.47.